The van der Waals surface area contributed by atoms with Gasteiger partial charge in [-0.15, -0.1) is 0 Å². The molecule has 0 fully saturated rings. The summed E-state index contributed by atoms with van der Waals surface area (Å²) < 4.78 is 2.45. The molecule has 172 valence electrons. The second-order valence-corrected chi connectivity index (χ2v) is 10.2. The number of unbranched alkanes of at least 4 members (excludes halogenated alkanes) is 1. The number of benzene rings is 2. The van der Waals surface area contributed by atoms with Crippen LogP contribution in [-0.4, -0.2) is 16.9 Å². The van der Waals surface area contributed by atoms with E-state index in [-0.39, 0.29) is 6.15 Å². The summed E-state index contributed by atoms with van der Waals surface area (Å²) in [4.78, 5) is 16.2. The number of hydrogen-bond donors (Lipinski definition) is 1. The van der Waals surface area contributed by atoms with Gasteiger partial charge in [0.05, 0.1) is 5.60 Å². The molecule has 0 radical (unpaired) electrons. The topological polar surface area (TPSA) is 54.4 Å². The molecule has 0 aliphatic heterocycles. The summed E-state index contributed by atoms with van der Waals surface area (Å²) in [6.07, 6.45) is 5.76. The van der Waals surface area contributed by atoms with Gasteiger partial charge in [-0.25, -0.2) is 0 Å². The molecule has 0 amide bonds. The lowest BCUT2D eigenvalue weighted by Crippen LogP contribution is -2.19. The summed E-state index contributed by atoms with van der Waals surface area (Å²) in [6.45, 7) is 14.5. The van der Waals surface area contributed by atoms with Crippen molar-refractivity contribution in [3.8, 4) is 0 Å². The molecule has 0 aliphatic carbocycles. The standard InChI is InChI=1S/C13H19BrO.C12H17Br.CO2/c1-9-7-11(5-6-13(3,4)15)8-10(2)12(9)14;1-4-5-6-11-7-9(2)12(13)10(3)8-11;2-1-3/h7-8,15H,5-6H2,1-4H3;7-8H,4-6H2,1-3H3;. The number of aliphatic hydroxyl groups is 1. The van der Waals surface area contributed by atoms with Crippen LogP contribution in [0.3, 0.4) is 0 Å². The first-order chi connectivity index (χ1) is 14.4. The average molecular weight is 556 g/mol. The predicted molar refractivity (Wildman–Crippen MR) is 135 cm³/mol. The minimum atomic E-state index is -0.575. The Bertz CT molecular complexity index is 815. The summed E-state index contributed by atoms with van der Waals surface area (Å²) in [7, 11) is 0. The van der Waals surface area contributed by atoms with E-state index in [9.17, 15) is 5.11 Å². The fourth-order valence-electron chi connectivity index (χ4n) is 3.19. The van der Waals surface area contributed by atoms with Crippen LogP contribution in [0.5, 0.6) is 0 Å². The molecule has 0 atom stereocenters. The molecular weight excluding hydrogens is 520 g/mol. The van der Waals surface area contributed by atoms with Crippen LogP contribution in [0.4, 0.5) is 0 Å². The molecule has 0 saturated heterocycles. The zero-order valence-corrected chi connectivity index (χ0v) is 23.0. The highest BCUT2D eigenvalue weighted by Crippen LogP contribution is 2.24. The highest BCUT2D eigenvalue weighted by atomic mass is 79.9. The summed E-state index contributed by atoms with van der Waals surface area (Å²) in [5.41, 5.74) is 7.43. The minimum Gasteiger partial charge on any atom is -0.390 e. The van der Waals surface area contributed by atoms with Crippen LogP contribution in [0.15, 0.2) is 33.2 Å². The van der Waals surface area contributed by atoms with Crippen molar-refractivity contribution in [2.75, 3.05) is 0 Å². The Morgan fingerprint density at radius 2 is 1.13 bits per heavy atom. The Labute approximate surface area is 204 Å². The Morgan fingerprint density at radius 3 is 1.42 bits per heavy atom. The van der Waals surface area contributed by atoms with Crippen LogP contribution in [0, 0.1) is 27.7 Å². The third-order valence-electron chi connectivity index (χ3n) is 4.84. The Kier molecular flexibility index (Phi) is 14.1. The minimum absolute atomic E-state index is 0.250. The molecule has 0 aromatic heterocycles. The molecule has 2 rings (SSSR count). The Morgan fingerprint density at radius 1 is 0.806 bits per heavy atom. The molecule has 0 unspecified atom stereocenters. The van der Waals surface area contributed by atoms with E-state index in [0.717, 1.165) is 12.8 Å². The van der Waals surface area contributed by atoms with Gasteiger partial charge >= 0.3 is 6.15 Å². The van der Waals surface area contributed by atoms with Crippen LogP contribution in [0.25, 0.3) is 0 Å². The molecule has 3 nitrogen and oxygen atoms in total. The van der Waals surface area contributed by atoms with Crippen LogP contribution < -0.4 is 0 Å². The number of aryl methyl sites for hydroxylation is 6. The van der Waals surface area contributed by atoms with Crippen molar-refractivity contribution < 1.29 is 14.7 Å². The fourth-order valence-corrected chi connectivity index (χ4v) is 3.65. The zero-order valence-electron chi connectivity index (χ0n) is 19.9. The van der Waals surface area contributed by atoms with Gasteiger partial charge in [0.25, 0.3) is 0 Å². The maximum atomic E-state index is 9.66. The van der Waals surface area contributed by atoms with Gasteiger partial charge in [-0.3, -0.25) is 0 Å². The van der Waals surface area contributed by atoms with Crippen LogP contribution >= 0.6 is 31.9 Å². The third kappa shape index (κ3) is 12.4. The lowest BCUT2D eigenvalue weighted by molar-refractivity contribution is -0.191. The van der Waals surface area contributed by atoms with E-state index in [4.69, 9.17) is 9.59 Å². The van der Waals surface area contributed by atoms with Crippen LogP contribution in [0.2, 0.25) is 0 Å². The molecule has 31 heavy (non-hydrogen) atoms. The number of carbonyl (C=O) groups excluding carboxylic acids is 2. The number of halogens is 2. The van der Waals surface area contributed by atoms with E-state index in [1.807, 2.05) is 13.8 Å². The average Bonchev–Trinajstić information content (AvgIpc) is 2.67. The van der Waals surface area contributed by atoms with E-state index in [0.29, 0.717) is 0 Å². The molecular formula is C26H36Br2O3. The summed E-state index contributed by atoms with van der Waals surface area (Å²) >= 11 is 7.14. The van der Waals surface area contributed by atoms with Crippen molar-refractivity contribution >= 4 is 38.0 Å². The fraction of sp³-hybridized carbons (Fsp3) is 0.500. The summed E-state index contributed by atoms with van der Waals surface area (Å²) in [5, 5.41) is 9.66. The lowest BCUT2D eigenvalue weighted by atomic mass is 9.97. The highest BCUT2D eigenvalue weighted by molar-refractivity contribution is 9.10. The van der Waals surface area contributed by atoms with E-state index < -0.39 is 5.60 Å². The summed E-state index contributed by atoms with van der Waals surface area (Å²) in [6, 6.07) is 8.94. The molecule has 0 bridgehead atoms. The van der Waals surface area contributed by atoms with E-state index in [1.165, 1.54) is 61.6 Å². The van der Waals surface area contributed by atoms with Gasteiger partial charge < -0.3 is 5.11 Å². The van der Waals surface area contributed by atoms with E-state index >= 15 is 0 Å². The first-order valence-corrected chi connectivity index (χ1v) is 12.2. The summed E-state index contributed by atoms with van der Waals surface area (Å²) in [5.74, 6) is 0. The maximum Gasteiger partial charge on any atom is 0.373 e. The molecule has 5 heteroatoms. The molecule has 2 aromatic carbocycles. The second kappa shape index (κ2) is 14.7. The smallest absolute Gasteiger partial charge is 0.373 e. The quantitative estimate of drug-likeness (QED) is 0.399. The normalized spacial score (nSPS) is 10.4. The third-order valence-corrected chi connectivity index (χ3v) is 7.34. The molecule has 1 N–H and O–H groups in total. The van der Waals surface area contributed by atoms with Crippen molar-refractivity contribution in [3.05, 3.63) is 66.6 Å². The van der Waals surface area contributed by atoms with Crippen LogP contribution in [0.1, 0.15) is 73.4 Å². The second-order valence-electron chi connectivity index (χ2n) is 8.59. The Balaban J connectivity index is 0.000000519. The number of rotatable bonds is 6. The first kappa shape index (κ1) is 29.7. The molecule has 0 heterocycles. The van der Waals surface area contributed by atoms with Crippen LogP contribution in [-0.2, 0) is 22.4 Å². The first-order valence-electron chi connectivity index (χ1n) is 10.6. The largest absolute Gasteiger partial charge is 0.390 e. The van der Waals surface area contributed by atoms with E-state index in [1.54, 1.807) is 0 Å². The van der Waals surface area contributed by atoms with Gasteiger partial charge in [-0.1, -0.05) is 69.5 Å². The molecule has 0 saturated carbocycles. The van der Waals surface area contributed by atoms with Gasteiger partial charge in [0.1, 0.15) is 0 Å². The van der Waals surface area contributed by atoms with Crippen molar-refractivity contribution in [1.29, 1.82) is 0 Å². The predicted octanol–water partition coefficient (Wildman–Crippen LogP) is 7.59. The molecule has 0 aliphatic rings. The van der Waals surface area contributed by atoms with Gasteiger partial charge in [0.15, 0.2) is 0 Å². The van der Waals surface area contributed by atoms with Gasteiger partial charge in [-0.2, -0.15) is 9.59 Å². The van der Waals surface area contributed by atoms with E-state index in [2.05, 4.69) is 90.7 Å². The van der Waals surface area contributed by atoms with Crippen molar-refractivity contribution in [3.63, 3.8) is 0 Å². The van der Waals surface area contributed by atoms with Crippen molar-refractivity contribution in [2.24, 2.45) is 0 Å². The molecule has 0 spiro atoms. The van der Waals surface area contributed by atoms with Crippen molar-refractivity contribution in [1.82, 2.24) is 0 Å². The van der Waals surface area contributed by atoms with Crippen molar-refractivity contribution in [2.45, 2.75) is 86.2 Å². The zero-order chi connectivity index (χ0) is 24.2. The lowest BCUT2D eigenvalue weighted by Gasteiger charge is -2.17. The molecule has 2 aromatic rings. The number of hydrogen-bond acceptors (Lipinski definition) is 3. The van der Waals surface area contributed by atoms with Gasteiger partial charge in [0, 0.05) is 8.95 Å². The van der Waals surface area contributed by atoms with Gasteiger partial charge in [0.2, 0.25) is 0 Å². The maximum absolute atomic E-state index is 9.66. The Hall–Kier alpha value is -1.26. The highest BCUT2D eigenvalue weighted by Gasteiger charge is 2.12. The SMILES string of the molecule is CCCCc1cc(C)c(Br)c(C)c1.Cc1cc(CCC(C)(C)O)cc(C)c1Br.O=C=O. The monoisotopic (exact) mass is 554 g/mol. The van der Waals surface area contributed by atoms with Gasteiger partial charge in [-0.05, 0) is 101 Å².